The summed E-state index contributed by atoms with van der Waals surface area (Å²) in [5.41, 5.74) is 2.33. The normalized spacial score (nSPS) is 30.9. The number of aromatic nitrogens is 2. The number of hydrogen-bond acceptors (Lipinski definition) is 3. The Balaban J connectivity index is 1.57. The molecule has 2 aliphatic heterocycles. The first kappa shape index (κ1) is 11.3. The number of nitrogens with one attached hydrogen (secondary N) is 2. The van der Waals surface area contributed by atoms with Gasteiger partial charge in [-0.15, -0.1) is 0 Å². The summed E-state index contributed by atoms with van der Waals surface area (Å²) in [6.45, 7) is 0. The molecule has 0 radical (unpaired) electrons. The highest BCUT2D eigenvalue weighted by atomic mass is 15.2. The minimum absolute atomic E-state index is 0.606. The molecule has 0 spiro atoms. The van der Waals surface area contributed by atoms with Crippen LogP contribution in [0.4, 0.5) is 5.69 Å². The number of nitrogens with zero attached hydrogens (tertiary/aromatic N) is 2. The van der Waals surface area contributed by atoms with E-state index in [0.717, 1.165) is 17.6 Å². The highest BCUT2D eigenvalue weighted by molar-refractivity contribution is 5.90. The van der Waals surface area contributed by atoms with Crippen molar-refractivity contribution in [3.8, 4) is 0 Å². The molecule has 0 amide bonds. The van der Waals surface area contributed by atoms with Crippen LogP contribution in [-0.2, 0) is 0 Å². The molecular formula is C15H20N4. The minimum Gasteiger partial charge on any atom is -0.382 e. The molecule has 2 bridgehead atoms. The fourth-order valence-electron chi connectivity index (χ4n) is 3.84. The van der Waals surface area contributed by atoms with Gasteiger partial charge in [0.1, 0.15) is 0 Å². The van der Waals surface area contributed by atoms with Gasteiger partial charge in [0.15, 0.2) is 0 Å². The Morgan fingerprint density at radius 1 is 1.26 bits per heavy atom. The highest BCUT2D eigenvalue weighted by Crippen LogP contribution is 2.36. The van der Waals surface area contributed by atoms with Gasteiger partial charge < -0.3 is 10.2 Å². The average Bonchev–Trinajstić information content (AvgIpc) is 2.94. The van der Waals surface area contributed by atoms with Gasteiger partial charge in [0.2, 0.25) is 0 Å². The van der Waals surface area contributed by atoms with Crippen molar-refractivity contribution in [2.45, 2.75) is 43.8 Å². The number of H-pyrrole nitrogens is 1. The fourth-order valence-corrected chi connectivity index (χ4v) is 3.84. The zero-order valence-electron chi connectivity index (χ0n) is 11.3. The van der Waals surface area contributed by atoms with Crippen LogP contribution in [0.25, 0.3) is 10.9 Å². The lowest BCUT2D eigenvalue weighted by Crippen LogP contribution is -2.44. The average molecular weight is 256 g/mol. The van der Waals surface area contributed by atoms with Crippen molar-refractivity contribution in [1.82, 2.24) is 15.1 Å². The van der Waals surface area contributed by atoms with Gasteiger partial charge in [0.05, 0.1) is 11.7 Å². The van der Waals surface area contributed by atoms with E-state index in [1.807, 2.05) is 6.20 Å². The van der Waals surface area contributed by atoms with Crippen LogP contribution in [0, 0.1) is 0 Å². The first-order valence-electron chi connectivity index (χ1n) is 7.22. The molecule has 2 atom stereocenters. The van der Waals surface area contributed by atoms with E-state index in [9.17, 15) is 0 Å². The zero-order valence-corrected chi connectivity index (χ0v) is 11.3. The van der Waals surface area contributed by atoms with Crippen molar-refractivity contribution in [3.63, 3.8) is 0 Å². The molecule has 4 nitrogen and oxygen atoms in total. The van der Waals surface area contributed by atoms with Crippen molar-refractivity contribution >= 4 is 16.6 Å². The van der Waals surface area contributed by atoms with Crippen molar-refractivity contribution in [3.05, 3.63) is 24.4 Å². The predicted octanol–water partition coefficient (Wildman–Crippen LogP) is 2.60. The van der Waals surface area contributed by atoms with Gasteiger partial charge >= 0.3 is 0 Å². The fraction of sp³-hybridized carbons (Fsp3) is 0.533. The van der Waals surface area contributed by atoms with E-state index >= 15 is 0 Å². The van der Waals surface area contributed by atoms with Gasteiger partial charge in [-0.3, -0.25) is 5.10 Å². The summed E-state index contributed by atoms with van der Waals surface area (Å²) in [7, 11) is 2.29. The molecule has 2 aromatic rings. The van der Waals surface area contributed by atoms with Crippen LogP contribution in [0.1, 0.15) is 25.7 Å². The summed E-state index contributed by atoms with van der Waals surface area (Å²) in [5.74, 6) is 0. The molecule has 1 aromatic carbocycles. The molecule has 2 N–H and O–H groups in total. The second kappa shape index (κ2) is 4.23. The molecule has 3 heterocycles. The number of piperidine rings is 1. The number of aromatic amines is 1. The van der Waals surface area contributed by atoms with Gasteiger partial charge in [-0.2, -0.15) is 5.10 Å². The summed E-state index contributed by atoms with van der Waals surface area (Å²) < 4.78 is 0. The molecule has 0 aliphatic carbocycles. The molecule has 19 heavy (non-hydrogen) atoms. The van der Waals surface area contributed by atoms with Gasteiger partial charge in [-0.1, -0.05) is 6.07 Å². The third kappa shape index (κ3) is 1.82. The maximum absolute atomic E-state index is 4.14. The van der Waals surface area contributed by atoms with Gasteiger partial charge in [0, 0.05) is 29.2 Å². The lowest BCUT2D eigenvalue weighted by atomic mass is 9.97. The lowest BCUT2D eigenvalue weighted by molar-refractivity contribution is 0.169. The summed E-state index contributed by atoms with van der Waals surface area (Å²) in [4.78, 5) is 2.58. The maximum atomic E-state index is 4.14. The van der Waals surface area contributed by atoms with Crippen LogP contribution in [0.15, 0.2) is 24.4 Å². The van der Waals surface area contributed by atoms with E-state index in [1.165, 1.54) is 36.8 Å². The molecule has 1 aromatic heterocycles. The Labute approximate surface area is 113 Å². The molecule has 2 unspecified atom stereocenters. The second-order valence-corrected chi connectivity index (χ2v) is 6.00. The first-order valence-corrected chi connectivity index (χ1v) is 7.22. The number of hydrogen-bond donors (Lipinski definition) is 2. The molecule has 0 saturated carbocycles. The van der Waals surface area contributed by atoms with Crippen molar-refractivity contribution in [2.24, 2.45) is 0 Å². The number of anilines is 1. The van der Waals surface area contributed by atoms with Gasteiger partial charge in [-0.25, -0.2) is 0 Å². The molecular weight excluding hydrogens is 236 g/mol. The van der Waals surface area contributed by atoms with Crippen molar-refractivity contribution in [2.75, 3.05) is 12.4 Å². The van der Waals surface area contributed by atoms with E-state index in [1.54, 1.807) is 0 Å². The third-order valence-electron chi connectivity index (χ3n) is 4.94. The Bertz CT molecular complexity index is 577. The van der Waals surface area contributed by atoms with Crippen LogP contribution in [0.2, 0.25) is 0 Å². The first-order chi connectivity index (χ1) is 9.31. The van der Waals surface area contributed by atoms with Crippen LogP contribution in [-0.4, -0.2) is 40.3 Å². The molecule has 2 saturated heterocycles. The third-order valence-corrected chi connectivity index (χ3v) is 4.94. The lowest BCUT2D eigenvalue weighted by Gasteiger charge is -2.37. The molecule has 4 rings (SSSR count). The van der Waals surface area contributed by atoms with E-state index < -0.39 is 0 Å². The zero-order chi connectivity index (χ0) is 12.8. The topological polar surface area (TPSA) is 44.0 Å². The van der Waals surface area contributed by atoms with Crippen LogP contribution in [0.5, 0.6) is 0 Å². The standard InChI is InChI=1S/C15H20N4/c1-19-11-5-6-12(19)8-10(7-11)17-14-3-2-4-15-13(14)9-16-18-15/h2-4,9-12,17H,5-8H2,1H3,(H,16,18). The summed E-state index contributed by atoms with van der Waals surface area (Å²) in [5, 5.41) is 12.1. The summed E-state index contributed by atoms with van der Waals surface area (Å²) >= 11 is 0. The second-order valence-electron chi connectivity index (χ2n) is 6.00. The van der Waals surface area contributed by atoms with Crippen LogP contribution < -0.4 is 5.32 Å². The van der Waals surface area contributed by atoms with E-state index in [4.69, 9.17) is 0 Å². The Hall–Kier alpha value is -1.55. The predicted molar refractivity (Wildman–Crippen MR) is 77.3 cm³/mol. The van der Waals surface area contributed by atoms with Gasteiger partial charge in [0.25, 0.3) is 0 Å². The van der Waals surface area contributed by atoms with Gasteiger partial charge in [-0.05, 0) is 44.9 Å². The number of fused-ring (bicyclic) bond motifs is 3. The summed E-state index contributed by atoms with van der Waals surface area (Å²) in [6.07, 6.45) is 7.19. The molecule has 2 aliphatic rings. The largest absolute Gasteiger partial charge is 0.382 e. The number of benzene rings is 1. The molecule has 2 fully saturated rings. The minimum atomic E-state index is 0.606. The molecule has 4 heteroatoms. The quantitative estimate of drug-likeness (QED) is 0.868. The number of rotatable bonds is 2. The van der Waals surface area contributed by atoms with E-state index in [2.05, 4.69) is 45.7 Å². The highest BCUT2D eigenvalue weighted by Gasteiger charge is 2.38. The van der Waals surface area contributed by atoms with E-state index in [0.29, 0.717) is 6.04 Å². The Morgan fingerprint density at radius 3 is 2.84 bits per heavy atom. The maximum Gasteiger partial charge on any atom is 0.0671 e. The smallest absolute Gasteiger partial charge is 0.0671 e. The molecule has 100 valence electrons. The van der Waals surface area contributed by atoms with Crippen molar-refractivity contribution in [1.29, 1.82) is 0 Å². The van der Waals surface area contributed by atoms with Crippen LogP contribution >= 0.6 is 0 Å². The monoisotopic (exact) mass is 256 g/mol. The van der Waals surface area contributed by atoms with Crippen molar-refractivity contribution < 1.29 is 0 Å². The van der Waals surface area contributed by atoms with Crippen LogP contribution in [0.3, 0.4) is 0 Å². The van der Waals surface area contributed by atoms with E-state index in [-0.39, 0.29) is 0 Å². The SMILES string of the molecule is CN1C2CCC1CC(Nc1cccc3[nH]ncc13)C2. The Morgan fingerprint density at radius 2 is 2.05 bits per heavy atom. The Kier molecular flexibility index (Phi) is 2.52. The summed E-state index contributed by atoms with van der Waals surface area (Å²) in [6, 6.07) is 8.49.